The van der Waals surface area contributed by atoms with Crippen molar-refractivity contribution in [3.63, 3.8) is 0 Å². The third-order valence-electron chi connectivity index (χ3n) is 4.73. The Morgan fingerprint density at radius 3 is 1.93 bits per heavy atom. The summed E-state index contributed by atoms with van der Waals surface area (Å²) in [5, 5.41) is 21.2. The number of rotatable bonds is 3. The summed E-state index contributed by atoms with van der Waals surface area (Å²) in [5.41, 5.74) is 6.10. The molecule has 2 aliphatic rings. The van der Waals surface area contributed by atoms with E-state index in [-0.39, 0.29) is 11.4 Å². The lowest BCUT2D eigenvalue weighted by Gasteiger charge is -2.24. The number of aryl methyl sites for hydroxylation is 2. The molecular formula is C20H29N3O5. The summed E-state index contributed by atoms with van der Waals surface area (Å²) in [6, 6.07) is 0. The third kappa shape index (κ3) is 6.02. The zero-order valence-corrected chi connectivity index (χ0v) is 16.7. The van der Waals surface area contributed by atoms with E-state index in [2.05, 4.69) is 31.4 Å². The average Bonchev–Trinajstić information content (AvgIpc) is 3.08. The van der Waals surface area contributed by atoms with Crippen molar-refractivity contribution in [3.05, 3.63) is 22.5 Å². The van der Waals surface area contributed by atoms with Crippen LogP contribution in [0.4, 0.5) is 5.69 Å². The van der Waals surface area contributed by atoms with Gasteiger partial charge in [0.1, 0.15) is 0 Å². The molecule has 2 aliphatic carbocycles. The smallest absolute Gasteiger partial charge is 0.414 e. The minimum Gasteiger partial charge on any atom is -0.473 e. The molecule has 1 aromatic heterocycles. The average molecular weight is 391 g/mol. The van der Waals surface area contributed by atoms with Gasteiger partial charge in [-0.1, -0.05) is 0 Å². The highest BCUT2D eigenvalue weighted by molar-refractivity contribution is 6.27. The molecule has 0 fully saturated rings. The van der Waals surface area contributed by atoms with Gasteiger partial charge in [0, 0.05) is 16.9 Å². The number of amides is 1. The molecule has 0 aliphatic heterocycles. The van der Waals surface area contributed by atoms with Gasteiger partial charge in [-0.3, -0.25) is 9.78 Å². The molecule has 3 rings (SSSR count). The summed E-state index contributed by atoms with van der Waals surface area (Å²) in [6.45, 7) is 6.58. The van der Waals surface area contributed by atoms with E-state index in [0.717, 1.165) is 37.8 Å². The minimum absolute atomic E-state index is 0.0447. The number of aromatic nitrogens is 1. The number of fused-ring (bicyclic) bond motifs is 2. The number of aliphatic carboxylic acids is 2. The van der Waals surface area contributed by atoms with Gasteiger partial charge in [0.2, 0.25) is 5.91 Å². The highest BCUT2D eigenvalue weighted by Crippen LogP contribution is 2.35. The molecule has 0 saturated heterocycles. The van der Waals surface area contributed by atoms with Gasteiger partial charge in [-0.15, -0.1) is 0 Å². The van der Waals surface area contributed by atoms with Crippen molar-refractivity contribution >= 4 is 23.5 Å². The lowest BCUT2D eigenvalue weighted by Crippen LogP contribution is -2.41. The second-order valence-corrected chi connectivity index (χ2v) is 8.16. The Morgan fingerprint density at radius 2 is 1.39 bits per heavy atom. The maximum absolute atomic E-state index is 12.4. The molecular weight excluding hydrogens is 362 g/mol. The van der Waals surface area contributed by atoms with Gasteiger partial charge in [0.25, 0.3) is 0 Å². The molecule has 0 saturated carbocycles. The van der Waals surface area contributed by atoms with E-state index in [1.807, 2.05) is 0 Å². The lowest BCUT2D eigenvalue weighted by atomic mass is 9.92. The molecule has 0 unspecified atom stereocenters. The molecule has 0 atom stereocenters. The normalized spacial score (nSPS) is 15.0. The molecule has 0 bridgehead atoms. The fourth-order valence-corrected chi connectivity index (χ4v) is 3.43. The van der Waals surface area contributed by atoms with E-state index in [1.165, 1.54) is 35.4 Å². The Bertz CT molecular complexity index is 756. The Kier molecular flexibility index (Phi) is 7.12. The quantitative estimate of drug-likeness (QED) is 0.580. The predicted molar refractivity (Wildman–Crippen MR) is 105 cm³/mol. The molecule has 1 amide bonds. The van der Waals surface area contributed by atoms with Crippen LogP contribution in [-0.4, -0.2) is 45.1 Å². The first kappa shape index (κ1) is 21.8. The van der Waals surface area contributed by atoms with Crippen LogP contribution in [0.3, 0.4) is 0 Å². The standard InChI is InChI=1S/C18H27N3O.C2H2O4/c1-18(2,3)19-11-16(22)21-17-12-7-4-5-9-14(12)20-15-10-6-8-13(15)17;3-1(4)2(5)6/h19H,4-11H2,1-3H3,(H,20,21,22);(H,3,4)(H,5,6). The van der Waals surface area contributed by atoms with Crippen molar-refractivity contribution in [3.8, 4) is 0 Å². The number of carbonyl (C=O) groups excluding carboxylic acids is 1. The van der Waals surface area contributed by atoms with E-state index in [0.29, 0.717) is 6.54 Å². The number of nitrogens with zero attached hydrogens (tertiary/aromatic N) is 1. The Labute approximate surface area is 164 Å². The fourth-order valence-electron chi connectivity index (χ4n) is 3.43. The summed E-state index contributed by atoms with van der Waals surface area (Å²) < 4.78 is 0. The van der Waals surface area contributed by atoms with Gasteiger partial charge in [0.05, 0.1) is 12.2 Å². The van der Waals surface area contributed by atoms with Crippen molar-refractivity contribution in [1.29, 1.82) is 0 Å². The van der Waals surface area contributed by atoms with Crippen LogP contribution >= 0.6 is 0 Å². The van der Waals surface area contributed by atoms with Crippen molar-refractivity contribution in [1.82, 2.24) is 10.3 Å². The first-order valence-corrected chi connectivity index (χ1v) is 9.63. The summed E-state index contributed by atoms with van der Waals surface area (Å²) in [4.78, 5) is 35.4. The molecule has 1 aromatic rings. The van der Waals surface area contributed by atoms with E-state index in [9.17, 15) is 4.79 Å². The van der Waals surface area contributed by atoms with Crippen molar-refractivity contribution < 1.29 is 24.6 Å². The summed E-state index contributed by atoms with van der Waals surface area (Å²) in [5.74, 6) is -3.59. The molecule has 0 aromatic carbocycles. The van der Waals surface area contributed by atoms with Crippen molar-refractivity contribution in [2.24, 2.45) is 0 Å². The van der Waals surface area contributed by atoms with Crippen LogP contribution in [0.25, 0.3) is 0 Å². The molecule has 8 nitrogen and oxygen atoms in total. The van der Waals surface area contributed by atoms with Gasteiger partial charge in [-0.25, -0.2) is 9.59 Å². The number of hydrogen-bond acceptors (Lipinski definition) is 5. The van der Waals surface area contributed by atoms with Crippen LogP contribution in [0, 0.1) is 0 Å². The van der Waals surface area contributed by atoms with Gasteiger partial charge in [0.15, 0.2) is 0 Å². The predicted octanol–water partition coefficient (Wildman–Crippen LogP) is 1.93. The molecule has 1 heterocycles. The van der Waals surface area contributed by atoms with E-state index < -0.39 is 11.9 Å². The fraction of sp³-hybridized carbons (Fsp3) is 0.600. The lowest BCUT2D eigenvalue weighted by molar-refractivity contribution is -0.159. The topological polar surface area (TPSA) is 129 Å². The first-order chi connectivity index (χ1) is 13.1. The number of pyridine rings is 1. The minimum atomic E-state index is -1.82. The van der Waals surface area contributed by atoms with Crippen LogP contribution in [0.15, 0.2) is 0 Å². The van der Waals surface area contributed by atoms with Crippen LogP contribution in [0.2, 0.25) is 0 Å². The van der Waals surface area contributed by atoms with Gasteiger partial charge < -0.3 is 20.8 Å². The zero-order valence-electron chi connectivity index (χ0n) is 16.7. The number of anilines is 1. The molecule has 8 heteroatoms. The molecule has 0 spiro atoms. The summed E-state index contributed by atoms with van der Waals surface area (Å²) in [7, 11) is 0. The van der Waals surface area contributed by atoms with E-state index in [4.69, 9.17) is 24.8 Å². The number of carbonyl (C=O) groups is 3. The van der Waals surface area contributed by atoms with Crippen molar-refractivity contribution in [2.45, 2.75) is 71.3 Å². The molecule has 4 N–H and O–H groups in total. The van der Waals surface area contributed by atoms with Gasteiger partial charge >= 0.3 is 11.9 Å². The van der Waals surface area contributed by atoms with Crippen LogP contribution < -0.4 is 10.6 Å². The number of hydrogen-bond donors (Lipinski definition) is 4. The van der Waals surface area contributed by atoms with Crippen molar-refractivity contribution in [2.75, 3.05) is 11.9 Å². The highest BCUT2D eigenvalue weighted by atomic mass is 16.4. The molecule has 154 valence electrons. The van der Waals surface area contributed by atoms with Crippen LogP contribution in [-0.2, 0) is 40.1 Å². The Balaban J connectivity index is 0.000000409. The first-order valence-electron chi connectivity index (χ1n) is 9.63. The second-order valence-electron chi connectivity index (χ2n) is 8.16. The highest BCUT2D eigenvalue weighted by Gasteiger charge is 2.25. The van der Waals surface area contributed by atoms with E-state index in [1.54, 1.807) is 0 Å². The largest absolute Gasteiger partial charge is 0.473 e. The van der Waals surface area contributed by atoms with E-state index >= 15 is 0 Å². The zero-order chi connectivity index (χ0) is 20.9. The maximum Gasteiger partial charge on any atom is 0.414 e. The number of carboxylic acids is 2. The van der Waals surface area contributed by atoms with Crippen LogP contribution in [0.1, 0.15) is 62.5 Å². The monoisotopic (exact) mass is 391 g/mol. The summed E-state index contributed by atoms with van der Waals surface area (Å²) in [6.07, 6.45) is 7.82. The molecule has 0 radical (unpaired) electrons. The second kappa shape index (κ2) is 9.14. The van der Waals surface area contributed by atoms with Crippen LogP contribution in [0.5, 0.6) is 0 Å². The Hall–Kier alpha value is -2.48. The number of carboxylic acid groups (broad SMARTS) is 2. The molecule has 28 heavy (non-hydrogen) atoms. The maximum atomic E-state index is 12.4. The third-order valence-corrected chi connectivity index (χ3v) is 4.73. The SMILES string of the molecule is CC(C)(C)NCC(=O)Nc1c2c(nc3c1CCC3)CCCC2.O=C(O)C(=O)O. The summed E-state index contributed by atoms with van der Waals surface area (Å²) >= 11 is 0. The van der Waals surface area contributed by atoms with Gasteiger partial charge in [-0.2, -0.15) is 0 Å². The van der Waals surface area contributed by atoms with Gasteiger partial charge in [-0.05, 0) is 76.8 Å². The number of nitrogens with one attached hydrogen (secondary N) is 2. The Morgan fingerprint density at radius 1 is 0.893 bits per heavy atom.